The Morgan fingerprint density at radius 3 is 1.60 bits per heavy atom. The quantitative estimate of drug-likeness (QED) is 0.164. The number of hydrogen-bond acceptors (Lipinski definition) is 0. The van der Waals surface area contributed by atoms with Crippen LogP contribution in [0, 0.1) is 6.92 Å². The Hall–Kier alpha value is -4.16. The van der Waals surface area contributed by atoms with Gasteiger partial charge in [-0.15, -0.1) is 0 Å². The number of benzene rings is 7. The lowest BCUT2D eigenvalue weighted by Crippen LogP contribution is -2.17. The lowest BCUT2D eigenvalue weighted by molar-refractivity contribution is 0.591. The Kier molecular flexibility index (Phi) is 4.52. The molecule has 0 aliphatic heterocycles. The number of fused-ring (bicyclic) bond motifs is 9. The smallest absolute Gasteiger partial charge is 0.0159 e. The molecule has 0 fully saturated rings. The molecule has 0 saturated heterocycles. The van der Waals surface area contributed by atoms with Gasteiger partial charge >= 0.3 is 0 Å². The molecule has 0 amide bonds. The Morgan fingerprint density at radius 1 is 0.488 bits per heavy atom. The molecule has 210 valence electrons. The molecule has 2 aliphatic carbocycles. The van der Waals surface area contributed by atoms with Crippen molar-refractivity contribution in [3.05, 3.63) is 118 Å². The van der Waals surface area contributed by atoms with E-state index in [0.717, 1.165) is 0 Å². The molecular formula is C43H38. The zero-order valence-electron chi connectivity index (χ0n) is 26.6. The van der Waals surface area contributed by atoms with Gasteiger partial charge in [-0.3, -0.25) is 0 Å². The molecule has 0 heteroatoms. The molecule has 2 aliphatic rings. The summed E-state index contributed by atoms with van der Waals surface area (Å²) in [6, 6.07) is 33.5. The van der Waals surface area contributed by atoms with Gasteiger partial charge in [0.1, 0.15) is 0 Å². The Labute approximate surface area is 254 Å². The summed E-state index contributed by atoms with van der Waals surface area (Å²) in [6.45, 7) is 18.9. The fourth-order valence-corrected chi connectivity index (χ4v) is 8.79. The van der Waals surface area contributed by atoms with Crippen molar-refractivity contribution in [2.45, 2.75) is 71.6 Å². The van der Waals surface area contributed by atoms with Crippen LogP contribution in [0.15, 0.2) is 84.9 Å². The Morgan fingerprint density at radius 2 is 1.00 bits per heavy atom. The van der Waals surface area contributed by atoms with Crippen LogP contribution in [-0.4, -0.2) is 0 Å². The van der Waals surface area contributed by atoms with Crippen molar-refractivity contribution in [2.24, 2.45) is 0 Å². The summed E-state index contributed by atoms with van der Waals surface area (Å²) in [6.07, 6.45) is 0. The van der Waals surface area contributed by atoms with E-state index in [0.29, 0.717) is 0 Å². The van der Waals surface area contributed by atoms with E-state index in [4.69, 9.17) is 0 Å². The predicted molar refractivity (Wildman–Crippen MR) is 186 cm³/mol. The van der Waals surface area contributed by atoms with Gasteiger partial charge in [-0.25, -0.2) is 0 Å². The number of aryl methyl sites for hydroxylation is 1. The molecule has 0 bridgehead atoms. The van der Waals surface area contributed by atoms with E-state index in [1.807, 2.05) is 0 Å². The van der Waals surface area contributed by atoms with Crippen LogP contribution in [0.2, 0.25) is 0 Å². The molecule has 0 aromatic heterocycles. The molecule has 43 heavy (non-hydrogen) atoms. The lowest BCUT2D eigenvalue weighted by atomic mass is 9.79. The van der Waals surface area contributed by atoms with Crippen molar-refractivity contribution in [1.82, 2.24) is 0 Å². The van der Waals surface area contributed by atoms with Gasteiger partial charge < -0.3 is 0 Å². The SMILES string of the molecule is Cc1cc2c(c3ccccc13)-c1cc3c(cc1C2(C)C)-c1c(cc2ccc4cc(C(C)(C)C)cc5ccc1c2c45)C3(C)C. The summed E-state index contributed by atoms with van der Waals surface area (Å²) in [5.74, 6) is 0. The van der Waals surface area contributed by atoms with Crippen molar-refractivity contribution in [3.63, 3.8) is 0 Å². The average molecular weight is 555 g/mol. The molecule has 0 spiro atoms. The molecule has 0 N–H and O–H groups in total. The summed E-state index contributed by atoms with van der Waals surface area (Å²) in [7, 11) is 0. The summed E-state index contributed by atoms with van der Waals surface area (Å²) in [4.78, 5) is 0. The summed E-state index contributed by atoms with van der Waals surface area (Å²) in [5.41, 5.74) is 14.3. The van der Waals surface area contributed by atoms with Crippen LogP contribution in [0.5, 0.6) is 0 Å². The molecule has 0 radical (unpaired) electrons. The van der Waals surface area contributed by atoms with E-state index >= 15 is 0 Å². The van der Waals surface area contributed by atoms with Gasteiger partial charge in [0.2, 0.25) is 0 Å². The van der Waals surface area contributed by atoms with Gasteiger partial charge in [0, 0.05) is 10.8 Å². The summed E-state index contributed by atoms with van der Waals surface area (Å²) >= 11 is 0. The average Bonchev–Trinajstić information content (AvgIpc) is 3.33. The minimum Gasteiger partial charge on any atom is -0.0616 e. The molecule has 0 nitrogen and oxygen atoms in total. The highest BCUT2D eigenvalue weighted by atomic mass is 14.5. The van der Waals surface area contributed by atoms with Crippen LogP contribution >= 0.6 is 0 Å². The third-order valence-electron chi connectivity index (χ3n) is 11.2. The van der Waals surface area contributed by atoms with E-state index in [1.54, 1.807) is 0 Å². The van der Waals surface area contributed by atoms with Crippen LogP contribution < -0.4 is 0 Å². The normalized spacial score (nSPS) is 16.3. The van der Waals surface area contributed by atoms with Gasteiger partial charge in [-0.05, 0) is 129 Å². The van der Waals surface area contributed by atoms with Crippen molar-refractivity contribution in [3.8, 4) is 22.3 Å². The maximum absolute atomic E-state index is 2.58. The monoisotopic (exact) mass is 554 g/mol. The Bertz CT molecular complexity index is 2350. The highest BCUT2D eigenvalue weighted by Gasteiger charge is 2.43. The molecular weight excluding hydrogens is 516 g/mol. The number of rotatable bonds is 0. The van der Waals surface area contributed by atoms with Gasteiger partial charge in [0.15, 0.2) is 0 Å². The zero-order chi connectivity index (χ0) is 29.8. The van der Waals surface area contributed by atoms with E-state index in [1.165, 1.54) is 98.7 Å². The molecule has 9 rings (SSSR count). The largest absolute Gasteiger partial charge is 0.0616 e. The van der Waals surface area contributed by atoms with Gasteiger partial charge in [-0.2, -0.15) is 0 Å². The highest BCUT2D eigenvalue weighted by Crippen LogP contribution is 2.59. The third kappa shape index (κ3) is 3.02. The highest BCUT2D eigenvalue weighted by molar-refractivity contribution is 6.27. The van der Waals surface area contributed by atoms with Gasteiger partial charge in [-0.1, -0.05) is 115 Å². The Balaban J connectivity index is 1.38. The first-order valence-corrected chi connectivity index (χ1v) is 15.9. The van der Waals surface area contributed by atoms with Gasteiger partial charge in [0.25, 0.3) is 0 Å². The van der Waals surface area contributed by atoms with E-state index in [9.17, 15) is 0 Å². The molecule has 0 unspecified atom stereocenters. The van der Waals surface area contributed by atoms with E-state index in [2.05, 4.69) is 140 Å². The standard InChI is InChI=1S/C43H38/c1-23-17-35-39(29-12-10-9-11-28(23)29)31-21-34-32(22-33(31)42(35,5)6)40-30-16-15-25-19-27(41(2,3)4)18-24-13-14-26(38(30)37(24)25)20-36(40)43(34,7)8/h9-22H,1-8H3. The third-order valence-corrected chi connectivity index (χ3v) is 11.2. The second-order valence-electron chi connectivity index (χ2n) is 15.5. The van der Waals surface area contributed by atoms with Crippen LogP contribution in [0.25, 0.3) is 65.3 Å². The fraction of sp³-hybridized carbons (Fsp3) is 0.256. The van der Waals surface area contributed by atoms with Gasteiger partial charge in [0.05, 0.1) is 0 Å². The minimum atomic E-state index is -0.0864. The molecule has 7 aromatic rings. The second kappa shape index (κ2) is 7.67. The second-order valence-corrected chi connectivity index (χ2v) is 15.5. The van der Waals surface area contributed by atoms with E-state index < -0.39 is 0 Å². The van der Waals surface area contributed by atoms with Crippen LogP contribution in [0.1, 0.15) is 81.8 Å². The summed E-state index contributed by atoms with van der Waals surface area (Å²) < 4.78 is 0. The summed E-state index contributed by atoms with van der Waals surface area (Å²) in [5, 5.41) is 11.0. The van der Waals surface area contributed by atoms with E-state index in [-0.39, 0.29) is 16.2 Å². The maximum atomic E-state index is 2.58. The molecule has 0 atom stereocenters. The van der Waals surface area contributed by atoms with Crippen molar-refractivity contribution < 1.29 is 0 Å². The topological polar surface area (TPSA) is 0 Å². The zero-order valence-corrected chi connectivity index (χ0v) is 26.6. The van der Waals surface area contributed by atoms with Crippen molar-refractivity contribution in [1.29, 1.82) is 0 Å². The van der Waals surface area contributed by atoms with Crippen LogP contribution in [-0.2, 0) is 16.2 Å². The van der Waals surface area contributed by atoms with Crippen LogP contribution in [0.4, 0.5) is 0 Å². The molecule has 0 heterocycles. The predicted octanol–water partition coefficient (Wildman–Crippen LogP) is 12.0. The van der Waals surface area contributed by atoms with Crippen LogP contribution in [0.3, 0.4) is 0 Å². The lowest BCUT2D eigenvalue weighted by Gasteiger charge is -2.24. The fourth-order valence-electron chi connectivity index (χ4n) is 8.79. The minimum absolute atomic E-state index is 0.0610. The number of hydrogen-bond donors (Lipinski definition) is 0. The molecule has 7 aromatic carbocycles. The molecule has 0 saturated carbocycles. The first kappa shape index (κ1) is 25.3. The maximum Gasteiger partial charge on any atom is 0.0159 e. The first-order valence-electron chi connectivity index (χ1n) is 15.9. The van der Waals surface area contributed by atoms with Crippen molar-refractivity contribution in [2.75, 3.05) is 0 Å². The van der Waals surface area contributed by atoms with Crippen molar-refractivity contribution >= 4 is 43.1 Å². The first-order chi connectivity index (χ1) is 20.4.